The molecule has 15 aromatic rings. The van der Waals surface area contributed by atoms with Gasteiger partial charge < -0.3 is 72.5 Å². The van der Waals surface area contributed by atoms with Gasteiger partial charge in [-0.1, -0.05) is 156 Å². The molecule has 27 nitrogen and oxygen atoms in total. The topological polar surface area (TPSA) is 360 Å². The maximum atomic E-state index is 12.8. The number of ether oxygens (including phenoxy) is 5. The zero-order valence-corrected chi connectivity index (χ0v) is 70.5. The number of phenols is 1. The lowest BCUT2D eigenvalue weighted by molar-refractivity contribution is -0.140. The average molecular weight is 1700 g/mol. The number of pyridine rings is 5. The smallest absolute Gasteiger partial charge is 0.343 e. The Bertz CT molecular complexity index is 6930. The molecule has 0 unspecified atom stereocenters. The molecule has 0 fully saturated rings. The van der Waals surface area contributed by atoms with Crippen molar-refractivity contribution in [3.8, 4) is 17.2 Å². The van der Waals surface area contributed by atoms with Crippen LogP contribution in [0.3, 0.4) is 0 Å². The van der Waals surface area contributed by atoms with Crippen LogP contribution in [0.1, 0.15) is 109 Å². The first-order chi connectivity index (χ1) is 60.6. The summed E-state index contributed by atoms with van der Waals surface area (Å²) in [6.45, 7) is 11.8. The summed E-state index contributed by atoms with van der Waals surface area (Å²) in [5.41, 5.74) is 10.8. The summed E-state index contributed by atoms with van der Waals surface area (Å²) < 4.78 is 33.5. The number of carboxylic acids is 2. The molecule has 0 aliphatic heterocycles. The quantitative estimate of drug-likeness (QED) is 0.0311. The number of carbonyl (C=O) groups excluding carboxylic acids is 5. The summed E-state index contributed by atoms with van der Waals surface area (Å²) in [5.74, 6) is -3.76. The number of aryl methyl sites for hydroxylation is 4. The van der Waals surface area contributed by atoms with Gasteiger partial charge in [-0.05, 0) is 159 Å². The van der Waals surface area contributed by atoms with Gasteiger partial charge in [-0.15, -0.1) is 0 Å². The normalized spacial score (nSPS) is 10.7. The monoisotopic (exact) mass is 1700 g/mol. The van der Waals surface area contributed by atoms with E-state index in [0.717, 1.165) is 78.1 Å². The number of aromatic hydroxyl groups is 1. The van der Waals surface area contributed by atoms with Gasteiger partial charge in [-0.2, -0.15) is 0 Å². The number of para-hydroxylation sites is 5. The van der Waals surface area contributed by atoms with Gasteiger partial charge in [0.15, 0.2) is 0 Å². The minimum atomic E-state index is -1.22. The molecule has 5 N–H and O–H groups in total. The van der Waals surface area contributed by atoms with E-state index in [0.29, 0.717) is 70.7 Å². The van der Waals surface area contributed by atoms with Crippen molar-refractivity contribution in [3.63, 3.8) is 0 Å². The van der Waals surface area contributed by atoms with Crippen molar-refractivity contribution in [2.45, 2.75) is 67.3 Å². The van der Waals surface area contributed by atoms with Crippen LogP contribution in [-0.2, 0) is 56.5 Å². The van der Waals surface area contributed by atoms with E-state index in [2.05, 4.69) is 56.5 Å². The first kappa shape index (κ1) is 90.7. The number of phenolic OH excluding ortho intramolecular Hbond substituents is 1. The number of hydrogen-bond acceptors (Lipinski definition) is 18. The van der Waals surface area contributed by atoms with Crippen LogP contribution in [0.15, 0.2) is 285 Å². The van der Waals surface area contributed by atoms with Crippen molar-refractivity contribution in [1.29, 1.82) is 0 Å². The summed E-state index contributed by atoms with van der Waals surface area (Å²) in [5, 5.41) is 35.2. The second-order valence-corrected chi connectivity index (χ2v) is 29.3. The first-order valence-electron chi connectivity index (χ1n) is 39.7. The van der Waals surface area contributed by atoms with E-state index < -0.39 is 52.5 Å². The third-order valence-electron chi connectivity index (χ3n) is 20.2. The van der Waals surface area contributed by atoms with E-state index in [1.807, 2.05) is 161 Å². The number of carboxylic acid groups (broad SMARTS) is 2. The second kappa shape index (κ2) is 42.0. The fraction of sp³-hybridized carbons (Fsp3) is 0.172. The molecule has 15 rings (SSSR count). The van der Waals surface area contributed by atoms with Crippen molar-refractivity contribution >= 4 is 96.2 Å². The molecule has 0 atom stereocenters. The van der Waals surface area contributed by atoms with Crippen LogP contribution < -0.4 is 47.3 Å². The molecular formula is C99H91N7O20. The molecule has 0 aliphatic rings. The molecule has 0 saturated heterocycles. The van der Waals surface area contributed by atoms with Crippen LogP contribution in [0, 0.1) is 27.7 Å². The molecule has 0 spiro atoms. The molecule has 0 bridgehead atoms. The first-order valence-corrected chi connectivity index (χ1v) is 39.7. The van der Waals surface area contributed by atoms with Crippen molar-refractivity contribution in [2.24, 2.45) is 0 Å². The van der Waals surface area contributed by atoms with E-state index in [-0.39, 0.29) is 69.5 Å². The van der Waals surface area contributed by atoms with E-state index in [9.17, 15) is 72.9 Å². The van der Waals surface area contributed by atoms with Crippen LogP contribution in [0.5, 0.6) is 17.2 Å². The Morgan fingerprint density at radius 3 is 0.913 bits per heavy atom. The average Bonchev–Trinajstić information content (AvgIpc) is 0.796. The van der Waals surface area contributed by atoms with Gasteiger partial charge in [0.1, 0.15) is 58.2 Å². The summed E-state index contributed by atoms with van der Waals surface area (Å²) in [7, 11) is 5.67. The maximum absolute atomic E-state index is 12.8. The number of fused-ring (bicyclic) bond motifs is 5. The zero-order chi connectivity index (χ0) is 90.4. The third kappa shape index (κ3) is 22.6. The molecule has 5 heterocycles. The third-order valence-corrected chi connectivity index (χ3v) is 20.2. The number of amides is 2. The Morgan fingerprint density at radius 2 is 0.611 bits per heavy atom. The van der Waals surface area contributed by atoms with E-state index >= 15 is 0 Å². The largest absolute Gasteiger partial charge is 0.508 e. The molecule has 0 aliphatic carbocycles. The lowest BCUT2D eigenvalue weighted by Crippen LogP contribution is -2.34. The Labute approximate surface area is 721 Å². The number of hydrogen-bond donors (Lipinski definition) is 5. The van der Waals surface area contributed by atoms with Crippen LogP contribution in [-0.4, -0.2) is 128 Å². The number of methoxy groups -OCH3 is 4. The number of nitrogens with zero attached hydrogens (tertiary/aromatic N) is 5. The number of carbonyl (C=O) groups is 7. The fourth-order valence-corrected chi connectivity index (χ4v) is 14.4. The van der Waals surface area contributed by atoms with Gasteiger partial charge in [-0.25, -0.2) is 14.4 Å². The van der Waals surface area contributed by atoms with Crippen LogP contribution in [0.2, 0.25) is 0 Å². The standard InChI is InChI=1S/C22H22N2O4.C21H20N2O5.C19H17NO4.C19H17NO3.C18H15NO4/c1-14-8-15(2)10-16(9-14)12-24-13-18(22(27)23-11-20(25)28-3)21(26)17-6-4-5-7-19(17)24;1-27-15-9-7-14(8-10-15)12-23-13-17(21(26)22-11-19(24)28-2)20(25)16-5-3-4-6-18(16)23;1-2-24-19(23)16-12-20(11-13-6-5-7-14(21)10-13)17-9-4-3-8-15(17)18(16)22;1-12-7-13(2)9-14(8-12)10-20-11-16(19(22)23)18(21)15-5-3-4-6-17(15)20;1-23-13-8-6-12(7-9-13)10-19-11-15(18(21)22)17(20)14-4-2-3-5-16(14)19/h4-10,13H,11-12H2,1-3H3,(H,23,27);3-10,13H,11-12H2,1-2H3,(H,22,26);3-10,12,21H,2,11H2,1H3;3-9,11H,10H2,1-2H3,(H,22,23);2-9,11H,10H2,1H3,(H,21,22). The highest BCUT2D eigenvalue weighted by atomic mass is 16.5. The number of aromatic carboxylic acids is 2. The Balaban J connectivity index is 0.000000153. The van der Waals surface area contributed by atoms with Gasteiger partial charge in [0.2, 0.25) is 27.1 Å². The van der Waals surface area contributed by atoms with Crippen LogP contribution in [0.4, 0.5) is 0 Å². The van der Waals surface area contributed by atoms with Gasteiger partial charge in [0, 0.05) is 90.6 Å². The molecule has 5 aromatic heterocycles. The van der Waals surface area contributed by atoms with Crippen LogP contribution in [0.25, 0.3) is 54.5 Å². The van der Waals surface area contributed by atoms with Crippen molar-refractivity contribution in [1.82, 2.24) is 33.5 Å². The number of nitrogens with one attached hydrogen (secondary N) is 2. The minimum absolute atomic E-state index is 0.00743. The van der Waals surface area contributed by atoms with Crippen molar-refractivity contribution in [3.05, 3.63) is 391 Å². The number of rotatable bonds is 22. The maximum Gasteiger partial charge on any atom is 0.343 e. The molecule has 126 heavy (non-hydrogen) atoms. The lowest BCUT2D eigenvalue weighted by atomic mass is 10.1. The fourth-order valence-electron chi connectivity index (χ4n) is 14.4. The van der Waals surface area contributed by atoms with E-state index in [1.165, 1.54) is 39.0 Å². The molecular weight excluding hydrogens is 1610 g/mol. The second-order valence-electron chi connectivity index (χ2n) is 29.3. The molecule has 2 amide bonds. The van der Waals surface area contributed by atoms with Gasteiger partial charge in [0.05, 0.1) is 62.6 Å². The van der Waals surface area contributed by atoms with Gasteiger partial charge >= 0.3 is 29.8 Å². The number of aromatic nitrogens is 5. The molecule has 0 radical (unpaired) electrons. The Kier molecular flexibility index (Phi) is 30.2. The minimum Gasteiger partial charge on any atom is -0.508 e. The summed E-state index contributed by atoms with van der Waals surface area (Å²) in [6, 6.07) is 69.9. The highest BCUT2D eigenvalue weighted by Gasteiger charge is 2.23. The SMILES string of the molecule is CCOC(=O)c1cn(Cc2cccc(O)c2)c2ccccc2c1=O.COC(=O)CNC(=O)c1cn(Cc2cc(C)cc(C)c2)c2ccccc2c1=O.COC(=O)CNC(=O)c1cn(Cc2ccc(OC)cc2)c2ccccc2c1=O.COc1ccc(Cn2cc(C(=O)O)c(=O)c3ccccc32)cc1.Cc1cc(C)cc(Cn2cc(C(=O)O)c(=O)c3ccccc32)c1. The lowest BCUT2D eigenvalue weighted by Gasteiger charge is -2.14. The molecule has 10 aromatic carbocycles. The highest BCUT2D eigenvalue weighted by Crippen LogP contribution is 2.24. The van der Waals surface area contributed by atoms with Crippen LogP contribution >= 0.6 is 0 Å². The predicted molar refractivity (Wildman–Crippen MR) is 481 cm³/mol. The predicted octanol–water partition coefficient (Wildman–Crippen LogP) is 13.6. The van der Waals surface area contributed by atoms with Gasteiger partial charge in [0.25, 0.3) is 11.8 Å². The van der Waals surface area contributed by atoms with Crippen molar-refractivity contribution in [2.75, 3.05) is 48.1 Å². The zero-order valence-electron chi connectivity index (χ0n) is 70.5. The summed E-state index contributed by atoms with van der Waals surface area (Å²) >= 11 is 0. The van der Waals surface area contributed by atoms with Gasteiger partial charge in [-0.3, -0.25) is 43.2 Å². The van der Waals surface area contributed by atoms with E-state index in [1.54, 1.807) is 111 Å². The Hall–Kier alpha value is -16.1. The molecule has 27 heteroatoms. The highest BCUT2D eigenvalue weighted by molar-refractivity contribution is 6.00. The number of benzene rings is 10. The molecule has 642 valence electrons. The number of esters is 3. The summed E-state index contributed by atoms with van der Waals surface area (Å²) in [4.78, 5) is 145. The van der Waals surface area contributed by atoms with E-state index in [4.69, 9.17) is 14.2 Å². The van der Waals surface area contributed by atoms with Crippen molar-refractivity contribution < 1.29 is 72.6 Å². The Morgan fingerprint density at radius 1 is 0.325 bits per heavy atom. The summed E-state index contributed by atoms with van der Waals surface area (Å²) in [6.07, 6.45) is 7.42. The molecule has 0 saturated carbocycles.